The van der Waals surface area contributed by atoms with Gasteiger partial charge in [0, 0.05) is 11.6 Å². The van der Waals surface area contributed by atoms with Gasteiger partial charge in [0.15, 0.2) is 5.65 Å². The number of phenols is 1. The van der Waals surface area contributed by atoms with Crippen molar-refractivity contribution in [1.29, 1.82) is 0 Å². The smallest absolute Gasteiger partial charge is 0.345 e. The van der Waals surface area contributed by atoms with E-state index in [0.717, 1.165) is 10.9 Å². The van der Waals surface area contributed by atoms with Gasteiger partial charge in [0.2, 0.25) is 0 Å². The molecule has 21 heavy (non-hydrogen) atoms. The number of carbonyl (C=O) groups excluding carboxylic acids is 1. The molecule has 0 radical (unpaired) electrons. The fourth-order valence-electron chi connectivity index (χ4n) is 2.18. The number of ether oxygens (including phenoxy) is 1. The number of phenolic OH excluding ortho intramolecular Hbond substituents is 1. The predicted octanol–water partition coefficient (Wildman–Crippen LogP) is 2.45. The quantitative estimate of drug-likeness (QED) is 0.569. The summed E-state index contributed by atoms with van der Waals surface area (Å²) in [4.78, 5) is 16.5. The van der Waals surface area contributed by atoms with E-state index in [-0.39, 0.29) is 5.75 Å². The van der Waals surface area contributed by atoms with E-state index in [1.165, 1.54) is 30.5 Å². The molecule has 1 aromatic carbocycles. The largest absolute Gasteiger partial charge is 0.508 e. The van der Waals surface area contributed by atoms with Crippen molar-refractivity contribution < 1.29 is 14.6 Å². The maximum Gasteiger partial charge on any atom is 0.345 e. The van der Waals surface area contributed by atoms with Crippen LogP contribution in [0, 0.1) is 0 Å². The van der Waals surface area contributed by atoms with Crippen LogP contribution >= 0.6 is 0 Å². The Hall–Kier alpha value is -2.89. The minimum Gasteiger partial charge on any atom is -0.508 e. The van der Waals surface area contributed by atoms with E-state index in [4.69, 9.17) is 4.74 Å². The third kappa shape index (κ3) is 2.43. The number of hydrogen-bond donors (Lipinski definition) is 2. The molecule has 0 fully saturated rings. The number of aromatic nitrogens is 3. The van der Waals surface area contributed by atoms with E-state index < -0.39 is 5.97 Å². The summed E-state index contributed by atoms with van der Waals surface area (Å²) < 4.78 is 5.30. The molecule has 2 aromatic heterocycles. The van der Waals surface area contributed by atoms with E-state index in [2.05, 4.69) is 15.2 Å². The fraction of sp³-hybridized carbons (Fsp3) is 0.133. The average Bonchev–Trinajstić information content (AvgIpc) is 2.97. The zero-order valence-corrected chi connectivity index (χ0v) is 11.3. The molecule has 2 heterocycles. The Labute approximate surface area is 120 Å². The van der Waals surface area contributed by atoms with Gasteiger partial charge in [-0.1, -0.05) is 6.92 Å². The number of carbonyl (C=O) groups is 1. The number of esters is 1. The number of H-pyrrole nitrogens is 1. The summed E-state index contributed by atoms with van der Waals surface area (Å²) in [6.45, 7) is 1.96. The molecule has 0 unspecified atom stereocenters. The molecular formula is C15H13N3O3. The van der Waals surface area contributed by atoms with Crippen molar-refractivity contribution in [3.63, 3.8) is 0 Å². The van der Waals surface area contributed by atoms with Gasteiger partial charge < -0.3 is 9.84 Å². The van der Waals surface area contributed by atoms with Crippen LogP contribution in [0.25, 0.3) is 11.0 Å². The summed E-state index contributed by atoms with van der Waals surface area (Å²) in [7, 11) is 0. The Morgan fingerprint density at radius 1 is 1.29 bits per heavy atom. The molecule has 0 amide bonds. The molecule has 6 heteroatoms. The van der Waals surface area contributed by atoms with Crippen molar-refractivity contribution in [2.45, 2.75) is 13.3 Å². The van der Waals surface area contributed by atoms with Gasteiger partial charge in [0.05, 0.1) is 11.8 Å². The molecule has 0 saturated carbocycles. The summed E-state index contributed by atoms with van der Waals surface area (Å²) in [5.41, 5.74) is 1.91. The maximum atomic E-state index is 12.3. The van der Waals surface area contributed by atoms with Gasteiger partial charge in [-0.05, 0) is 36.2 Å². The number of aryl methyl sites for hydroxylation is 1. The molecule has 2 N–H and O–H groups in total. The van der Waals surface area contributed by atoms with Gasteiger partial charge >= 0.3 is 5.97 Å². The van der Waals surface area contributed by atoms with Crippen LogP contribution in [0.2, 0.25) is 0 Å². The van der Waals surface area contributed by atoms with Crippen molar-refractivity contribution >= 4 is 17.0 Å². The Bertz CT molecular complexity index is 794. The zero-order chi connectivity index (χ0) is 14.8. The Morgan fingerprint density at radius 3 is 2.76 bits per heavy atom. The molecule has 0 bridgehead atoms. The second kappa shape index (κ2) is 5.24. The second-order valence-corrected chi connectivity index (χ2v) is 4.52. The molecular weight excluding hydrogens is 270 g/mol. The highest BCUT2D eigenvalue weighted by Gasteiger charge is 2.17. The molecule has 0 aliphatic heterocycles. The van der Waals surface area contributed by atoms with Gasteiger partial charge in [-0.2, -0.15) is 5.10 Å². The Balaban J connectivity index is 1.95. The molecule has 3 rings (SSSR count). The van der Waals surface area contributed by atoms with Crippen LogP contribution in [-0.4, -0.2) is 26.3 Å². The van der Waals surface area contributed by atoms with Crippen LogP contribution in [0.5, 0.6) is 11.5 Å². The van der Waals surface area contributed by atoms with E-state index in [1.807, 2.05) is 6.92 Å². The number of nitrogens with zero attached hydrogens (tertiary/aromatic N) is 2. The first-order valence-electron chi connectivity index (χ1n) is 6.51. The number of aromatic hydroxyl groups is 1. The van der Waals surface area contributed by atoms with Gasteiger partial charge in [-0.25, -0.2) is 9.78 Å². The van der Waals surface area contributed by atoms with E-state index in [1.54, 1.807) is 6.20 Å². The summed E-state index contributed by atoms with van der Waals surface area (Å²) in [6, 6.07) is 5.98. The number of nitrogens with one attached hydrogen (secondary N) is 1. The third-order valence-corrected chi connectivity index (χ3v) is 3.21. The Morgan fingerprint density at radius 2 is 2.05 bits per heavy atom. The van der Waals surface area contributed by atoms with Crippen molar-refractivity contribution in [3.05, 3.63) is 47.8 Å². The van der Waals surface area contributed by atoms with Gasteiger partial charge in [-0.3, -0.25) is 5.10 Å². The standard InChI is InChI=1S/C15H13N3O3/c1-2-11-12-8-17-18-14(12)16-7-13(11)15(20)21-10-5-3-9(19)4-6-10/h3-8,19H,2H2,1H3,(H,16,17,18). The number of hydrogen-bond acceptors (Lipinski definition) is 5. The van der Waals surface area contributed by atoms with Crippen molar-refractivity contribution in [2.75, 3.05) is 0 Å². The lowest BCUT2D eigenvalue weighted by atomic mass is 10.0. The maximum absolute atomic E-state index is 12.3. The molecule has 0 aliphatic rings. The summed E-state index contributed by atoms with van der Waals surface area (Å²) in [5.74, 6) is 0.00538. The fourth-order valence-corrected chi connectivity index (χ4v) is 2.18. The van der Waals surface area contributed by atoms with Gasteiger partial charge in [-0.15, -0.1) is 0 Å². The highest BCUT2D eigenvalue weighted by atomic mass is 16.5. The van der Waals surface area contributed by atoms with Crippen molar-refractivity contribution in [2.24, 2.45) is 0 Å². The summed E-state index contributed by atoms with van der Waals surface area (Å²) >= 11 is 0. The van der Waals surface area contributed by atoms with Crippen molar-refractivity contribution in [1.82, 2.24) is 15.2 Å². The average molecular weight is 283 g/mol. The molecule has 3 aromatic rings. The van der Waals surface area contributed by atoms with Crippen LogP contribution in [-0.2, 0) is 6.42 Å². The second-order valence-electron chi connectivity index (χ2n) is 4.52. The minimum atomic E-state index is -0.479. The SMILES string of the molecule is CCc1c(C(=O)Oc2ccc(O)cc2)cnc2[nH]ncc12. The molecule has 0 spiro atoms. The van der Waals surface area contributed by atoms with Crippen molar-refractivity contribution in [3.8, 4) is 11.5 Å². The first-order valence-corrected chi connectivity index (χ1v) is 6.51. The lowest BCUT2D eigenvalue weighted by Crippen LogP contribution is -2.12. The van der Waals surface area contributed by atoms with Crippen LogP contribution < -0.4 is 4.74 Å². The number of aromatic amines is 1. The first kappa shape index (κ1) is 13.1. The number of benzene rings is 1. The molecule has 106 valence electrons. The van der Waals surface area contributed by atoms with Crippen LogP contribution in [0.4, 0.5) is 0 Å². The molecule has 0 atom stereocenters. The minimum absolute atomic E-state index is 0.116. The third-order valence-electron chi connectivity index (χ3n) is 3.21. The van der Waals surface area contributed by atoms with E-state index in [9.17, 15) is 9.90 Å². The van der Waals surface area contributed by atoms with E-state index >= 15 is 0 Å². The normalized spacial score (nSPS) is 10.7. The zero-order valence-electron chi connectivity index (χ0n) is 11.3. The molecule has 0 saturated heterocycles. The number of pyridine rings is 1. The van der Waals surface area contributed by atoms with Crippen LogP contribution in [0.1, 0.15) is 22.8 Å². The highest BCUT2D eigenvalue weighted by Crippen LogP contribution is 2.22. The number of rotatable bonds is 3. The lowest BCUT2D eigenvalue weighted by Gasteiger charge is -2.08. The van der Waals surface area contributed by atoms with Gasteiger partial charge in [0.1, 0.15) is 11.5 Å². The molecule has 0 aliphatic carbocycles. The van der Waals surface area contributed by atoms with Crippen LogP contribution in [0.15, 0.2) is 36.7 Å². The monoisotopic (exact) mass is 283 g/mol. The summed E-state index contributed by atoms with van der Waals surface area (Å²) in [5, 5.41) is 16.8. The van der Waals surface area contributed by atoms with Gasteiger partial charge in [0.25, 0.3) is 0 Å². The topological polar surface area (TPSA) is 88.1 Å². The predicted molar refractivity (Wildman–Crippen MR) is 76.3 cm³/mol. The highest BCUT2D eigenvalue weighted by molar-refractivity contribution is 5.97. The van der Waals surface area contributed by atoms with Crippen LogP contribution in [0.3, 0.4) is 0 Å². The molecule has 6 nitrogen and oxygen atoms in total. The lowest BCUT2D eigenvalue weighted by molar-refractivity contribution is 0.0733. The Kier molecular flexibility index (Phi) is 3.27. The number of fused-ring (bicyclic) bond motifs is 1. The van der Waals surface area contributed by atoms with E-state index in [0.29, 0.717) is 23.4 Å². The first-order chi connectivity index (χ1) is 10.2. The summed E-state index contributed by atoms with van der Waals surface area (Å²) in [6.07, 6.45) is 3.80.